The Kier molecular flexibility index (Phi) is 9.60. The summed E-state index contributed by atoms with van der Waals surface area (Å²) in [7, 11) is -4.69. The van der Waals surface area contributed by atoms with Gasteiger partial charge in [0.25, 0.3) is 0 Å². The molecule has 0 aliphatic carbocycles. The summed E-state index contributed by atoms with van der Waals surface area (Å²) >= 11 is 0. The van der Waals surface area contributed by atoms with Gasteiger partial charge in [0, 0.05) is 19.3 Å². The fourth-order valence-corrected chi connectivity index (χ4v) is 6.18. The number of hydrogen-bond donors (Lipinski definition) is 3. The topological polar surface area (TPSA) is 62.8 Å². The molecule has 0 aliphatic rings. The molecule has 5 nitrogen and oxygen atoms in total. The fraction of sp³-hybridized carbons (Fsp3) is 1.00. The van der Waals surface area contributed by atoms with E-state index in [0.717, 1.165) is 26.1 Å². The summed E-state index contributed by atoms with van der Waals surface area (Å²) in [5.41, 5.74) is 2.95. The van der Waals surface area contributed by atoms with Crippen molar-refractivity contribution in [3.05, 3.63) is 0 Å². The lowest BCUT2D eigenvalue weighted by molar-refractivity contribution is 0.195. The van der Waals surface area contributed by atoms with Crippen molar-refractivity contribution < 1.29 is 13.7 Å². The van der Waals surface area contributed by atoms with Gasteiger partial charge in [0.15, 0.2) is 0 Å². The van der Waals surface area contributed by atoms with Crippen LogP contribution in [-0.2, 0) is 8.95 Å². The third kappa shape index (κ3) is 8.53. The summed E-state index contributed by atoms with van der Waals surface area (Å²) in [5.74, 6) is 0. The highest BCUT2D eigenvalue weighted by Gasteiger charge is 2.42. The van der Waals surface area contributed by atoms with Gasteiger partial charge in [0.1, 0.15) is 0 Å². The van der Waals surface area contributed by atoms with Gasteiger partial charge in [0.05, 0.1) is 0 Å². The molecule has 0 amide bonds. The van der Waals surface area contributed by atoms with Crippen LogP contribution in [0.1, 0.15) is 13.3 Å². The molecule has 0 saturated heterocycles. The van der Waals surface area contributed by atoms with E-state index in [1.165, 1.54) is 0 Å². The van der Waals surface area contributed by atoms with Crippen molar-refractivity contribution in [2.24, 2.45) is 0 Å². The maximum Gasteiger partial charge on any atom is 0.214 e. The Labute approximate surface area is 116 Å². The SMILES string of the molecule is CCCNCCNO[SiH2]CO[Si](C)(C)[Si](C)(C)O. The predicted octanol–water partition coefficient (Wildman–Crippen LogP) is 0.0460. The van der Waals surface area contributed by atoms with Gasteiger partial charge in [-0.15, -0.1) is 0 Å². The van der Waals surface area contributed by atoms with Crippen molar-refractivity contribution in [1.82, 2.24) is 10.8 Å². The minimum atomic E-state index is -2.12. The van der Waals surface area contributed by atoms with Gasteiger partial charge in [-0.1, -0.05) is 6.92 Å². The third-order valence-electron chi connectivity index (χ3n) is 3.05. The van der Waals surface area contributed by atoms with Crippen LogP contribution in [0.15, 0.2) is 0 Å². The minimum Gasteiger partial charge on any atom is -0.432 e. The molecule has 0 atom stereocenters. The first-order valence-electron chi connectivity index (χ1n) is 6.73. The summed E-state index contributed by atoms with van der Waals surface area (Å²) in [5, 5.41) is 3.29. The van der Waals surface area contributed by atoms with Crippen LogP contribution >= 0.6 is 0 Å². The first-order valence-corrected chi connectivity index (χ1v) is 15.2. The van der Waals surface area contributed by atoms with E-state index in [1.54, 1.807) is 0 Å². The standard InChI is InChI=1S/C10H30N2O3Si3/c1-6-7-11-8-9-12-15-16-10-14-18(4,5)17(2,3)13/h11-13H,6-10,16H2,1-5H3. The van der Waals surface area contributed by atoms with Gasteiger partial charge in [0.2, 0.25) is 25.4 Å². The lowest BCUT2D eigenvalue weighted by Gasteiger charge is -2.32. The molecule has 0 aromatic carbocycles. The lowest BCUT2D eigenvalue weighted by atomic mass is 10.5. The molecule has 0 unspecified atom stereocenters. The molecule has 0 heterocycles. The number of nitrogens with one attached hydrogen (secondary N) is 2. The summed E-state index contributed by atoms with van der Waals surface area (Å²) in [6.45, 7) is 13.1. The Morgan fingerprint density at radius 2 is 1.78 bits per heavy atom. The molecule has 18 heavy (non-hydrogen) atoms. The van der Waals surface area contributed by atoms with Crippen LogP contribution in [-0.4, -0.2) is 56.1 Å². The van der Waals surface area contributed by atoms with Crippen molar-refractivity contribution in [2.45, 2.75) is 39.5 Å². The van der Waals surface area contributed by atoms with Crippen LogP contribution in [0.5, 0.6) is 0 Å². The van der Waals surface area contributed by atoms with Crippen molar-refractivity contribution in [3.8, 4) is 0 Å². The van der Waals surface area contributed by atoms with Gasteiger partial charge in [-0.05, 0) is 39.2 Å². The van der Waals surface area contributed by atoms with Crippen LogP contribution in [0.4, 0.5) is 0 Å². The second-order valence-electron chi connectivity index (χ2n) is 5.41. The first kappa shape index (κ1) is 18.5. The second kappa shape index (κ2) is 9.37. The summed E-state index contributed by atoms with van der Waals surface area (Å²) in [4.78, 5) is 10.1. The lowest BCUT2D eigenvalue weighted by Crippen LogP contribution is -2.57. The van der Waals surface area contributed by atoms with E-state index >= 15 is 0 Å². The maximum atomic E-state index is 10.1. The van der Waals surface area contributed by atoms with Crippen molar-refractivity contribution in [3.63, 3.8) is 0 Å². The summed E-state index contributed by atoms with van der Waals surface area (Å²) in [6, 6.07) is 0. The van der Waals surface area contributed by atoms with Crippen LogP contribution in [0.3, 0.4) is 0 Å². The zero-order valence-electron chi connectivity index (χ0n) is 12.5. The molecule has 8 heteroatoms. The van der Waals surface area contributed by atoms with Crippen molar-refractivity contribution in [2.75, 3.05) is 25.9 Å². The Balaban J connectivity index is 3.41. The third-order valence-corrected chi connectivity index (χ3v) is 17.4. The van der Waals surface area contributed by atoms with Crippen molar-refractivity contribution in [1.29, 1.82) is 0 Å². The van der Waals surface area contributed by atoms with E-state index in [0.29, 0.717) is 6.23 Å². The van der Waals surface area contributed by atoms with Gasteiger partial charge in [-0.3, -0.25) is 0 Å². The smallest absolute Gasteiger partial charge is 0.214 e. The molecule has 0 radical (unpaired) electrons. The Hall–Kier alpha value is 0.451. The summed E-state index contributed by atoms with van der Waals surface area (Å²) < 4.78 is 11.3. The quantitative estimate of drug-likeness (QED) is 0.286. The maximum absolute atomic E-state index is 10.1. The zero-order valence-corrected chi connectivity index (χ0v) is 15.9. The molecule has 0 spiro atoms. The van der Waals surface area contributed by atoms with E-state index in [2.05, 4.69) is 30.8 Å². The molecule has 0 aliphatic heterocycles. The first-order chi connectivity index (χ1) is 8.31. The predicted molar refractivity (Wildman–Crippen MR) is 83.9 cm³/mol. The number of hydroxylamine groups is 1. The molecular formula is C10H30N2O3Si3. The van der Waals surface area contributed by atoms with E-state index in [4.69, 9.17) is 8.95 Å². The average Bonchev–Trinajstić information content (AvgIpc) is 2.25. The van der Waals surface area contributed by atoms with E-state index in [9.17, 15) is 4.80 Å². The molecular weight excluding hydrogens is 280 g/mol. The molecule has 0 bridgehead atoms. The zero-order chi connectivity index (χ0) is 14.1. The summed E-state index contributed by atoms with van der Waals surface area (Å²) in [6.07, 6.45) is 1.84. The second-order valence-corrected chi connectivity index (χ2v) is 20.2. The Morgan fingerprint density at radius 3 is 2.33 bits per heavy atom. The van der Waals surface area contributed by atoms with Crippen molar-refractivity contribution >= 4 is 25.4 Å². The molecule has 110 valence electrons. The van der Waals surface area contributed by atoms with E-state index < -0.39 is 25.4 Å². The Morgan fingerprint density at radius 1 is 1.11 bits per heavy atom. The number of rotatable bonds is 11. The largest absolute Gasteiger partial charge is 0.432 e. The van der Waals surface area contributed by atoms with Gasteiger partial charge < -0.3 is 19.1 Å². The highest BCUT2D eigenvalue weighted by molar-refractivity contribution is 7.35. The highest BCUT2D eigenvalue weighted by Crippen LogP contribution is 2.16. The normalized spacial score (nSPS) is 13.7. The van der Waals surface area contributed by atoms with Gasteiger partial charge in [-0.2, -0.15) is 0 Å². The molecule has 0 aromatic heterocycles. The van der Waals surface area contributed by atoms with Gasteiger partial charge in [-0.25, -0.2) is 5.48 Å². The average molecular weight is 311 g/mol. The molecule has 0 aromatic rings. The number of hydrogen-bond acceptors (Lipinski definition) is 5. The molecule has 3 N–H and O–H groups in total. The minimum absolute atomic E-state index is 0.681. The molecule has 0 rings (SSSR count). The van der Waals surface area contributed by atoms with E-state index in [1.807, 2.05) is 13.1 Å². The highest BCUT2D eigenvalue weighted by atomic mass is 29.3. The van der Waals surface area contributed by atoms with Gasteiger partial charge >= 0.3 is 0 Å². The van der Waals surface area contributed by atoms with Crippen LogP contribution in [0.25, 0.3) is 0 Å². The van der Waals surface area contributed by atoms with Crippen LogP contribution in [0.2, 0.25) is 26.2 Å². The fourth-order valence-electron chi connectivity index (χ4n) is 1.10. The molecule has 0 fully saturated rings. The van der Waals surface area contributed by atoms with Crippen LogP contribution < -0.4 is 10.8 Å². The van der Waals surface area contributed by atoms with Crippen LogP contribution in [0, 0.1) is 0 Å². The monoisotopic (exact) mass is 310 g/mol. The Bertz CT molecular complexity index is 213. The molecule has 0 saturated carbocycles. The van der Waals surface area contributed by atoms with E-state index in [-0.39, 0.29) is 0 Å².